The summed E-state index contributed by atoms with van der Waals surface area (Å²) in [7, 11) is 0. The van der Waals surface area contributed by atoms with E-state index in [1.807, 2.05) is 0 Å². The summed E-state index contributed by atoms with van der Waals surface area (Å²) in [4.78, 5) is 5.76. The molecule has 0 radical (unpaired) electrons. The van der Waals surface area contributed by atoms with Gasteiger partial charge >= 0.3 is 0 Å². The van der Waals surface area contributed by atoms with E-state index in [4.69, 9.17) is 10.2 Å². The summed E-state index contributed by atoms with van der Waals surface area (Å²) in [6, 6.07) is 4.37. The van der Waals surface area contributed by atoms with Crippen molar-refractivity contribution >= 4 is 27.4 Å². The molecule has 0 atom stereocenters. The average molecular weight is 274 g/mol. The summed E-state index contributed by atoms with van der Waals surface area (Å²) < 4.78 is 18.9. The minimum atomic E-state index is -0.321. The number of benzene rings is 1. The fraction of sp³-hybridized carbons (Fsp3) is 0.214. The molecule has 2 N–H and O–H groups in total. The van der Waals surface area contributed by atoms with Gasteiger partial charge in [-0.1, -0.05) is 0 Å². The van der Waals surface area contributed by atoms with Crippen molar-refractivity contribution in [2.75, 3.05) is 5.73 Å². The second-order valence-electron chi connectivity index (χ2n) is 4.73. The number of aryl methyl sites for hydroxylation is 1. The topological polar surface area (TPSA) is 52.0 Å². The highest BCUT2D eigenvalue weighted by atomic mass is 32.1. The molecule has 0 fully saturated rings. The number of anilines is 1. The lowest BCUT2D eigenvalue weighted by Gasteiger charge is -1.97. The maximum Gasteiger partial charge on any atom is 0.230 e. The molecule has 0 unspecified atom stereocenters. The summed E-state index contributed by atoms with van der Waals surface area (Å²) in [6.07, 6.45) is 3.26. The van der Waals surface area contributed by atoms with E-state index >= 15 is 0 Å². The van der Waals surface area contributed by atoms with Gasteiger partial charge in [-0.15, -0.1) is 11.3 Å². The molecule has 0 spiro atoms. The zero-order valence-corrected chi connectivity index (χ0v) is 10.9. The van der Waals surface area contributed by atoms with Gasteiger partial charge in [0.15, 0.2) is 5.58 Å². The van der Waals surface area contributed by atoms with Crippen LogP contribution in [0.3, 0.4) is 0 Å². The lowest BCUT2D eigenvalue weighted by atomic mass is 10.1. The lowest BCUT2D eigenvalue weighted by molar-refractivity contribution is 0.602. The summed E-state index contributed by atoms with van der Waals surface area (Å²) in [5.74, 6) is 0.191. The quantitative estimate of drug-likeness (QED) is 0.735. The Labute approximate surface area is 112 Å². The van der Waals surface area contributed by atoms with Crippen LogP contribution in [0.25, 0.3) is 22.6 Å². The van der Waals surface area contributed by atoms with E-state index in [0.717, 1.165) is 29.8 Å². The van der Waals surface area contributed by atoms with Crippen LogP contribution in [-0.2, 0) is 12.8 Å². The van der Waals surface area contributed by atoms with Gasteiger partial charge in [0.1, 0.15) is 11.3 Å². The van der Waals surface area contributed by atoms with Gasteiger partial charge in [0.05, 0.1) is 10.6 Å². The first-order chi connectivity index (χ1) is 9.22. The van der Waals surface area contributed by atoms with Crippen LogP contribution < -0.4 is 5.73 Å². The molecular weight excluding hydrogens is 263 g/mol. The second kappa shape index (κ2) is 3.81. The minimum absolute atomic E-state index is 0.321. The highest BCUT2D eigenvalue weighted by Gasteiger charge is 2.25. The number of hydrogen-bond donors (Lipinski definition) is 1. The summed E-state index contributed by atoms with van der Waals surface area (Å²) >= 11 is 1.62. The summed E-state index contributed by atoms with van der Waals surface area (Å²) in [5, 5.41) is 0.747. The van der Waals surface area contributed by atoms with Crippen molar-refractivity contribution in [3.8, 4) is 11.5 Å². The van der Waals surface area contributed by atoms with Gasteiger partial charge in [-0.05, 0) is 37.0 Å². The monoisotopic (exact) mass is 274 g/mol. The van der Waals surface area contributed by atoms with Crippen molar-refractivity contribution in [1.29, 1.82) is 0 Å². The minimum Gasteiger partial charge on any atom is -0.436 e. The van der Waals surface area contributed by atoms with Gasteiger partial charge in [-0.3, -0.25) is 0 Å². The van der Waals surface area contributed by atoms with E-state index in [2.05, 4.69) is 4.98 Å². The molecule has 5 heteroatoms. The molecule has 2 aromatic heterocycles. The van der Waals surface area contributed by atoms with Crippen LogP contribution in [0.5, 0.6) is 0 Å². The van der Waals surface area contributed by atoms with Gasteiger partial charge in [-0.2, -0.15) is 0 Å². The molecule has 1 aliphatic carbocycles. The smallest absolute Gasteiger partial charge is 0.230 e. The van der Waals surface area contributed by atoms with Crippen LogP contribution in [0.1, 0.15) is 16.9 Å². The van der Waals surface area contributed by atoms with Crippen LogP contribution in [0.15, 0.2) is 22.6 Å². The number of aromatic nitrogens is 1. The molecule has 19 heavy (non-hydrogen) atoms. The molecule has 1 aromatic carbocycles. The van der Waals surface area contributed by atoms with Crippen molar-refractivity contribution in [2.45, 2.75) is 19.3 Å². The molecule has 0 bridgehead atoms. The van der Waals surface area contributed by atoms with Gasteiger partial charge < -0.3 is 10.2 Å². The largest absolute Gasteiger partial charge is 0.436 e. The van der Waals surface area contributed by atoms with Crippen molar-refractivity contribution in [3.05, 3.63) is 34.5 Å². The number of nitrogens with two attached hydrogens (primary N) is 1. The predicted molar refractivity (Wildman–Crippen MR) is 73.7 cm³/mol. The Morgan fingerprint density at radius 2 is 2.21 bits per heavy atom. The van der Waals surface area contributed by atoms with Crippen LogP contribution in [0.4, 0.5) is 9.39 Å². The van der Waals surface area contributed by atoms with Crippen LogP contribution in [0.2, 0.25) is 0 Å². The molecule has 0 aliphatic heterocycles. The van der Waals surface area contributed by atoms with Crippen LogP contribution in [-0.4, -0.2) is 4.98 Å². The van der Waals surface area contributed by atoms with E-state index in [-0.39, 0.29) is 5.82 Å². The summed E-state index contributed by atoms with van der Waals surface area (Å²) in [5.41, 5.74) is 9.38. The highest BCUT2D eigenvalue weighted by molar-refractivity contribution is 7.16. The number of fused-ring (bicyclic) bond motifs is 2. The molecule has 0 amide bonds. The normalized spacial score (nSPS) is 14.2. The second-order valence-corrected chi connectivity index (χ2v) is 5.86. The molecule has 2 heterocycles. The molecule has 4 rings (SSSR count). The molecular formula is C14H11FN2OS. The zero-order valence-electron chi connectivity index (χ0n) is 10.1. The predicted octanol–water partition coefficient (Wildman–Crippen LogP) is 3.77. The standard InChI is InChI=1S/C14H11FN2OS/c15-7-4-5-9-10(6-7)18-14(17-9)12-8-2-1-3-11(8)19-13(12)16/h4-6H,1-3,16H2. The van der Waals surface area contributed by atoms with Gasteiger partial charge in [0.2, 0.25) is 5.89 Å². The molecule has 0 saturated heterocycles. The third-order valence-electron chi connectivity index (χ3n) is 3.51. The number of halogens is 1. The Kier molecular flexibility index (Phi) is 2.20. The third-order valence-corrected chi connectivity index (χ3v) is 4.63. The number of nitrogens with zero attached hydrogens (tertiary/aromatic N) is 1. The van der Waals surface area contributed by atoms with Crippen LogP contribution >= 0.6 is 11.3 Å². The molecule has 1 aliphatic rings. The van der Waals surface area contributed by atoms with Gasteiger partial charge in [-0.25, -0.2) is 9.37 Å². The molecule has 96 valence electrons. The van der Waals surface area contributed by atoms with Crippen molar-refractivity contribution in [3.63, 3.8) is 0 Å². The fourth-order valence-corrected chi connectivity index (χ4v) is 3.82. The van der Waals surface area contributed by atoms with E-state index in [0.29, 0.717) is 17.0 Å². The van der Waals surface area contributed by atoms with Crippen molar-refractivity contribution < 1.29 is 8.81 Å². The Morgan fingerprint density at radius 1 is 1.32 bits per heavy atom. The highest BCUT2D eigenvalue weighted by Crippen LogP contribution is 2.43. The Morgan fingerprint density at radius 3 is 3.11 bits per heavy atom. The van der Waals surface area contributed by atoms with Crippen molar-refractivity contribution in [2.24, 2.45) is 0 Å². The number of thiophene rings is 1. The maximum atomic E-state index is 13.2. The number of nitrogen functional groups attached to an aromatic ring is 1. The van der Waals surface area contributed by atoms with E-state index in [1.54, 1.807) is 17.4 Å². The number of hydrogen-bond acceptors (Lipinski definition) is 4. The zero-order chi connectivity index (χ0) is 13.0. The lowest BCUT2D eigenvalue weighted by Crippen LogP contribution is -1.88. The number of rotatable bonds is 1. The fourth-order valence-electron chi connectivity index (χ4n) is 2.67. The molecule has 0 saturated carbocycles. The third kappa shape index (κ3) is 1.58. The first-order valence-electron chi connectivity index (χ1n) is 6.19. The first-order valence-corrected chi connectivity index (χ1v) is 7.00. The Hall–Kier alpha value is -1.88. The van der Waals surface area contributed by atoms with E-state index in [1.165, 1.54) is 22.6 Å². The summed E-state index contributed by atoms with van der Waals surface area (Å²) in [6.45, 7) is 0. The maximum absolute atomic E-state index is 13.2. The first kappa shape index (κ1) is 11.0. The SMILES string of the molecule is Nc1sc2c(c1-c1nc3ccc(F)cc3o1)CCC2. The Bertz CT molecular complexity index is 790. The van der Waals surface area contributed by atoms with E-state index in [9.17, 15) is 4.39 Å². The molecule has 3 nitrogen and oxygen atoms in total. The van der Waals surface area contributed by atoms with Gasteiger partial charge in [0.25, 0.3) is 0 Å². The molecule has 3 aromatic rings. The van der Waals surface area contributed by atoms with Crippen LogP contribution in [0, 0.1) is 5.82 Å². The number of oxazole rings is 1. The van der Waals surface area contributed by atoms with Gasteiger partial charge in [0, 0.05) is 10.9 Å². The van der Waals surface area contributed by atoms with E-state index < -0.39 is 0 Å². The van der Waals surface area contributed by atoms with Crippen molar-refractivity contribution in [1.82, 2.24) is 4.98 Å². The average Bonchev–Trinajstić information content (AvgIpc) is 3.01. The Balaban J connectivity index is 1.95.